The monoisotopic (exact) mass is 233 g/mol. The first-order chi connectivity index (χ1) is 7.75. The van der Waals surface area contributed by atoms with Crippen LogP contribution in [-0.4, -0.2) is 9.97 Å². The van der Waals surface area contributed by atoms with Gasteiger partial charge in [-0.3, -0.25) is 4.98 Å². The average Bonchev–Trinajstić information content (AvgIpc) is 2.67. The summed E-state index contributed by atoms with van der Waals surface area (Å²) in [5.41, 5.74) is 2.52. The molecule has 0 atom stereocenters. The standard InChI is InChI=1S/C12H15N3S/c1-9-3-4-13-6-11(9)7-14-8-12-15-5-10(2)16-12/h3-6,14H,7-8H2,1-2H3. The molecule has 2 aromatic heterocycles. The molecule has 0 fully saturated rings. The SMILES string of the molecule is Cc1cnc(CNCc2cnccc2C)s1. The molecule has 0 amide bonds. The van der Waals surface area contributed by atoms with Crippen molar-refractivity contribution in [3.05, 3.63) is 45.7 Å². The molecule has 16 heavy (non-hydrogen) atoms. The molecule has 0 saturated heterocycles. The van der Waals surface area contributed by atoms with E-state index in [1.54, 1.807) is 11.3 Å². The van der Waals surface area contributed by atoms with Gasteiger partial charge in [-0.25, -0.2) is 4.98 Å². The highest BCUT2D eigenvalue weighted by molar-refractivity contribution is 7.11. The molecule has 1 N–H and O–H groups in total. The van der Waals surface area contributed by atoms with E-state index in [1.807, 2.05) is 24.7 Å². The van der Waals surface area contributed by atoms with Crippen molar-refractivity contribution in [3.8, 4) is 0 Å². The normalized spacial score (nSPS) is 10.6. The quantitative estimate of drug-likeness (QED) is 0.881. The van der Waals surface area contributed by atoms with Crippen LogP contribution in [0.3, 0.4) is 0 Å². The van der Waals surface area contributed by atoms with Crippen molar-refractivity contribution in [2.24, 2.45) is 0 Å². The van der Waals surface area contributed by atoms with Crippen molar-refractivity contribution in [3.63, 3.8) is 0 Å². The molecule has 3 nitrogen and oxygen atoms in total. The first-order valence-electron chi connectivity index (χ1n) is 5.27. The van der Waals surface area contributed by atoms with Crippen LogP contribution < -0.4 is 5.32 Å². The van der Waals surface area contributed by atoms with E-state index in [4.69, 9.17) is 0 Å². The summed E-state index contributed by atoms with van der Waals surface area (Å²) < 4.78 is 0. The van der Waals surface area contributed by atoms with E-state index >= 15 is 0 Å². The Morgan fingerprint density at radius 3 is 2.81 bits per heavy atom. The first-order valence-corrected chi connectivity index (χ1v) is 6.09. The predicted octanol–water partition coefficient (Wildman–Crippen LogP) is 2.44. The number of hydrogen-bond donors (Lipinski definition) is 1. The zero-order valence-electron chi connectivity index (χ0n) is 9.53. The van der Waals surface area contributed by atoms with Crippen LogP contribution >= 0.6 is 11.3 Å². The van der Waals surface area contributed by atoms with Crippen molar-refractivity contribution in [1.29, 1.82) is 0 Å². The highest BCUT2D eigenvalue weighted by Crippen LogP contribution is 2.11. The summed E-state index contributed by atoms with van der Waals surface area (Å²) in [6, 6.07) is 2.03. The molecule has 2 aromatic rings. The van der Waals surface area contributed by atoms with Gasteiger partial charge in [-0.15, -0.1) is 11.3 Å². The molecule has 0 saturated carbocycles. The second-order valence-electron chi connectivity index (χ2n) is 3.77. The van der Waals surface area contributed by atoms with Gasteiger partial charge in [0.1, 0.15) is 5.01 Å². The zero-order valence-corrected chi connectivity index (χ0v) is 10.3. The van der Waals surface area contributed by atoms with Gasteiger partial charge in [-0.2, -0.15) is 0 Å². The van der Waals surface area contributed by atoms with Crippen LogP contribution in [-0.2, 0) is 13.1 Å². The molecular formula is C12H15N3S. The number of aryl methyl sites for hydroxylation is 2. The molecule has 4 heteroatoms. The Morgan fingerprint density at radius 2 is 2.12 bits per heavy atom. The number of hydrogen-bond acceptors (Lipinski definition) is 4. The Balaban J connectivity index is 1.87. The lowest BCUT2D eigenvalue weighted by Gasteiger charge is -2.05. The van der Waals surface area contributed by atoms with Gasteiger partial charge in [0, 0.05) is 36.6 Å². The van der Waals surface area contributed by atoms with Crippen molar-refractivity contribution in [1.82, 2.24) is 15.3 Å². The molecule has 0 aliphatic carbocycles. The van der Waals surface area contributed by atoms with E-state index in [0.717, 1.165) is 18.1 Å². The van der Waals surface area contributed by atoms with E-state index in [2.05, 4.69) is 29.1 Å². The largest absolute Gasteiger partial charge is 0.306 e. The first kappa shape index (κ1) is 11.2. The second-order valence-corrected chi connectivity index (χ2v) is 5.09. The Morgan fingerprint density at radius 1 is 1.25 bits per heavy atom. The lowest BCUT2D eigenvalue weighted by atomic mass is 10.2. The maximum atomic E-state index is 4.31. The third kappa shape index (κ3) is 2.87. The Labute approximate surface area is 99.6 Å². The van der Waals surface area contributed by atoms with E-state index < -0.39 is 0 Å². The summed E-state index contributed by atoms with van der Waals surface area (Å²) in [7, 11) is 0. The summed E-state index contributed by atoms with van der Waals surface area (Å²) in [4.78, 5) is 9.69. The smallest absolute Gasteiger partial charge is 0.107 e. The summed E-state index contributed by atoms with van der Waals surface area (Å²) >= 11 is 1.74. The van der Waals surface area contributed by atoms with Crippen LogP contribution in [0.1, 0.15) is 21.0 Å². The molecule has 0 bridgehead atoms. The average molecular weight is 233 g/mol. The molecular weight excluding hydrogens is 218 g/mol. The fourth-order valence-corrected chi connectivity index (χ4v) is 2.23. The minimum Gasteiger partial charge on any atom is -0.306 e. The molecule has 0 aromatic carbocycles. The predicted molar refractivity (Wildman–Crippen MR) is 66.4 cm³/mol. The van der Waals surface area contributed by atoms with Crippen molar-refractivity contribution in [2.45, 2.75) is 26.9 Å². The highest BCUT2D eigenvalue weighted by atomic mass is 32.1. The lowest BCUT2D eigenvalue weighted by Crippen LogP contribution is -2.13. The number of nitrogens with zero attached hydrogens (tertiary/aromatic N) is 2. The third-order valence-electron chi connectivity index (χ3n) is 2.41. The van der Waals surface area contributed by atoms with Gasteiger partial charge < -0.3 is 5.32 Å². The van der Waals surface area contributed by atoms with Crippen molar-refractivity contribution >= 4 is 11.3 Å². The van der Waals surface area contributed by atoms with Crippen LogP contribution in [0.2, 0.25) is 0 Å². The molecule has 0 radical (unpaired) electrons. The van der Waals surface area contributed by atoms with Crippen LogP contribution in [0.5, 0.6) is 0 Å². The molecule has 0 aliphatic rings. The minimum atomic E-state index is 0.826. The molecule has 84 valence electrons. The van der Waals surface area contributed by atoms with Crippen LogP contribution in [0, 0.1) is 13.8 Å². The molecule has 0 aliphatic heterocycles. The van der Waals surface area contributed by atoms with E-state index in [1.165, 1.54) is 16.0 Å². The van der Waals surface area contributed by atoms with Gasteiger partial charge in [0.2, 0.25) is 0 Å². The second kappa shape index (κ2) is 5.18. The van der Waals surface area contributed by atoms with E-state index in [9.17, 15) is 0 Å². The Bertz CT molecular complexity index is 465. The molecule has 2 heterocycles. The van der Waals surface area contributed by atoms with Gasteiger partial charge in [-0.05, 0) is 31.0 Å². The van der Waals surface area contributed by atoms with Gasteiger partial charge in [-0.1, -0.05) is 0 Å². The fraction of sp³-hybridized carbons (Fsp3) is 0.333. The third-order valence-corrected chi connectivity index (χ3v) is 3.32. The van der Waals surface area contributed by atoms with Crippen molar-refractivity contribution in [2.75, 3.05) is 0 Å². The maximum Gasteiger partial charge on any atom is 0.107 e. The number of aromatic nitrogens is 2. The number of nitrogens with one attached hydrogen (secondary N) is 1. The number of rotatable bonds is 4. The Kier molecular flexibility index (Phi) is 3.64. The summed E-state index contributed by atoms with van der Waals surface area (Å²) in [5.74, 6) is 0. The summed E-state index contributed by atoms with van der Waals surface area (Å²) in [5, 5.41) is 4.52. The van der Waals surface area contributed by atoms with Gasteiger partial charge in [0.15, 0.2) is 0 Å². The van der Waals surface area contributed by atoms with Gasteiger partial charge in [0.05, 0.1) is 0 Å². The van der Waals surface area contributed by atoms with E-state index in [0.29, 0.717) is 0 Å². The Hall–Kier alpha value is -1.26. The van der Waals surface area contributed by atoms with Crippen LogP contribution in [0.15, 0.2) is 24.7 Å². The van der Waals surface area contributed by atoms with Crippen LogP contribution in [0.25, 0.3) is 0 Å². The fourth-order valence-electron chi connectivity index (χ4n) is 1.47. The van der Waals surface area contributed by atoms with Crippen molar-refractivity contribution < 1.29 is 0 Å². The lowest BCUT2D eigenvalue weighted by molar-refractivity contribution is 0.685. The highest BCUT2D eigenvalue weighted by Gasteiger charge is 2.00. The molecule has 0 unspecified atom stereocenters. The van der Waals surface area contributed by atoms with E-state index in [-0.39, 0.29) is 0 Å². The number of thiazole rings is 1. The molecule has 0 spiro atoms. The topological polar surface area (TPSA) is 37.8 Å². The maximum absolute atomic E-state index is 4.31. The summed E-state index contributed by atoms with van der Waals surface area (Å²) in [6.07, 6.45) is 5.65. The van der Waals surface area contributed by atoms with Gasteiger partial charge >= 0.3 is 0 Å². The van der Waals surface area contributed by atoms with Crippen LogP contribution in [0.4, 0.5) is 0 Å². The minimum absolute atomic E-state index is 0.826. The zero-order chi connectivity index (χ0) is 11.4. The van der Waals surface area contributed by atoms with Gasteiger partial charge in [0.25, 0.3) is 0 Å². The molecule has 2 rings (SSSR count). The number of pyridine rings is 1. The summed E-state index contributed by atoms with van der Waals surface area (Å²) in [6.45, 7) is 5.85.